The Labute approximate surface area is 96.5 Å². The summed E-state index contributed by atoms with van der Waals surface area (Å²) in [5.41, 5.74) is -0.684. The summed E-state index contributed by atoms with van der Waals surface area (Å²) in [5, 5.41) is 0. The van der Waals surface area contributed by atoms with E-state index in [0.29, 0.717) is 0 Å². The van der Waals surface area contributed by atoms with Gasteiger partial charge in [0.2, 0.25) is 0 Å². The van der Waals surface area contributed by atoms with Gasteiger partial charge in [-0.3, -0.25) is 0 Å². The standard InChI is InChI=1S/C13H8F2O2/c14-10-7-4-8-11(15)12(10)13(16)17-9-5-2-1-3-6-9/h1-8H. The normalized spacial score (nSPS) is 10.0. The van der Waals surface area contributed by atoms with Crippen molar-refractivity contribution in [3.63, 3.8) is 0 Å². The molecular weight excluding hydrogens is 226 g/mol. The fourth-order valence-corrected chi connectivity index (χ4v) is 1.34. The van der Waals surface area contributed by atoms with Gasteiger partial charge in [0.1, 0.15) is 22.9 Å². The van der Waals surface area contributed by atoms with Crippen LogP contribution in [0.15, 0.2) is 48.5 Å². The molecule has 2 rings (SSSR count). The second kappa shape index (κ2) is 4.74. The first-order chi connectivity index (χ1) is 8.18. The number of esters is 1. The predicted molar refractivity (Wildman–Crippen MR) is 57.8 cm³/mol. The molecular formula is C13H8F2O2. The van der Waals surface area contributed by atoms with Crippen LogP contribution in [0.1, 0.15) is 10.4 Å². The quantitative estimate of drug-likeness (QED) is 0.589. The number of para-hydroxylation sites is 1. The van der Waals surface area contributed by atoms with E-state index in [1.807, 2.05) is 0 Å². The van der Waals surface area contributed by atoms with Crippen LogP contribution >= 0.6 is 0 Å². The third-order valence-corrected chi connectivity index (χ3v) is 2.12. The SMILES string of the molecule is O=C(Oc1ccccc1)c1c(F)cccc1F. The Hall–Kier alpha value is -2.23. The second-order valence-electron chi connectivity index (χ2n) is 3.30. The lowest BCUT2D eigenvalue weighted by molar-refractivity contribution is 0.0724. The lowest BCUT2D eigenvalue weighted by atomic mass is 10.2. The van der Waals surface area contributed by atoms with Crippen LogP contribution < -0.4 is 4.74 Å². The molecule has 0 fully saturated rings. The van der Waals surface area contributed by atoms with Crippen LogP contribution in [0.25, 0.3) is 0 Å². The van der Waals surface area contributed by atoms with Gasteiger partial charge in [-0.2, -0.15) is 0 Å². The average molecular weight is 234 g/mol. The van der Waals surface area contributed by atoms with Crippen LogP contribution in [-0.2, 0) is 0 Å². The summed E-state index contributed by atoms with van der Waals surface area (Å²) in [4.78, 5) is 11.6. The summed E-state index contributed by atoms with van der Waals surface area (Å²) in [5.74, 6) is -2.69. The van der Waals surface area contributed by atoms with Crippen molar-refractivity contribution in [3.8, 4) is 5.75 Å². The average Bonchev–Trinajstić information content (AvgIpc) is 2.30. The van der Waals surface area contributed by atoms with Crippen LogP contribution in [0.3, 0.4) is 0 Å². The first-order valence-corrected chi connectivity index (χ1v) is 4.90. The van der Waals surface area contributed by atoms with Crippen LogP contribution in [0.4, 0.5) is 8.78 Å². The number of rotatable bonds is 2. The molecule has 0 heterocycles. The van der Waals surface area contributed by atoms with Crippen molar-refractivity contribution >= 4 is 5.97 Å². The van der Waals surface area contributed by atoms with Crippen molar-refractivity contribution in [2.45, 2.75) is 0 Å². The molecule has 86 valence electrons. The molecule has 17 heavy (non-hydrogen) atoms. The topological polar surface area (TPSA) is 26.3 Å². The molecule has 0 aromatic heterocycles. The molecule has 2 aromatic carbocycles. The fourth-order valence-electron chi connectivity index (χ4n) is 1.34. The molecule has 0 atom stereocenters. The Morgan fingerprint density at radius 3 is 2.06 bits per heavy atom. The van der Waals surface area contributed by atoms with Gasteiger partial charge in [0.05, 0.1) is 0 Å². The number of carbonyl (C=O) groups excluding carboxylic acids is 1. The summed E-state index contributed by atoms with van der Waals surface area (Å²) < 4.78 is 31.4. The molecule has 0 N–H and O–H groups in total. The number of carbonyl (C=O) groups is 1. The zero-order valence-electron chi connectivity index (χ0n) is 8.69. The second-order valence-corrected chi connectivity index (χ2v) is 3.30. The Morgan fingerprint density at radius 1 is 0.882 bits per heavy atom. The summed E-state index contributed by atoms with van der Waals surface area (Å²) in [7, 11) is 0. The van der Waals surface area contributed by atoms with Crippen LogP contribution in [0, 0.1) is 11.6 Å². The zero-order chi connectivity index (χ0) is 12.3. The van der Waals surface area contributed by atoms with Gasteiger partial charge in [0, 0.05) is 0 Å². The van der Waals surface area contributed by atoms with Gasteiger partial charge < -0.3 is 4.74 Å². The third kappa shape index (κ3) is 2.47. The maximum Gasteiger partial charge on any atom is 0.349 e. The zero-order valence-corrected chi connectivity index (χ0v) is 8.69. The highest BCUT2D eigenvalue weighted by Gasteiger charge is 2.18. The van der Waals surface area contributed by atoms with Gasteiger partial charge in [-0.15, -0.1) is 0 Å². The van der Waals surface area contributed by atoms with Crippen molar-refractivity contribution in [1.82, 2.24) is 0 Å². The molecule has 0 saturated heterocycles. The molecule has 0 aliphatic rings. The fraction of sp³-hybridized carbons (Fsp3) is 0. The van der Waals surface area contributed by atoms with Crippen molar-refractivity contribution in [2.24, 2.45) is 0 Å². The number of hydrogen-bond donors (Lipinski definition) is 0. The molecule has 0 unspecified atom stereocenters. The highest BCUT2D eigenvalue weighted by molar-refractivity contribution is 5.91. The van der Waals surface area contributed by atoms with E-state index >= 15 is 0 Å². The molecule has 0 aliphatic heterocycles. The van der Waals surface area contributed by atoms with Crippen molar-refractivity contribution in [1.29, 1.82) is 0 Å². The van der Waals surface area contributed by atoms with E-state index in [0.717, 1.165) is 12.1 Å². The van der Waals surface area contributed by atoms with Gasteiger partial charge in [-0.05, 0) is 24.3 Å². The van der Waals surface area contributed by atoms with Gasteiger partial charge >= 0.3 is 5.97 Å². The third-order valence-electron chi connectivity index (χ3n) is 2.12. The molecule has 0 radical (unpaired) electrons. The minimum Gasteiger partial charge on any atom is -0.423 e. The van der Waals surface area contributed by atoms with E-state index in [2.05, 4.69) is 0 Å². The minimum absolute atomic E-state index is 0.236. The number of hydrogen-bond acceptors (Lipinski definition) is 2. The van der Waals surface area contributed by atoms with Crippen LogP contribution in [-0.4, -0.2) is 5.97 Å². The Bertz CT molecular complexity index is 518. The van der Waals surface area contributed by atoms with Gasteiger partial charge in [-0.1, -0.05) is 24.3 Å². The number of halogens is 2. The predicted octanol–water partition coefficient (Wildman–Crippen LogP) is 3.18. The first-order valence-electron chi connectivity index (χ1n) is 4.90. The summed E-state index contributed by atoms with van der Waals surface area (Å²) in [6.45, 7) is 0. The van der Waals surface area contributed by atoms with Crippen LogP contribution in [0.2, 0.25) is 0 Å². The lowest BCUT2D eigenvalue weighted by Gasteiger charge is -2.05. The largest absolute Gasteiger partial charge is 0.423 e. The Balaban J connectivity index is 2.27. The van der Waals surface area contributed by atoms with E-state index < -0.39 is 23.2 Å². The molecule has 0 aliphatic carbocycles. The smallest absolute Gasteiger partial charge is 0.349 e. The molecule has 0 bridgehead atoms. The lowest BCUT2D eigenvalue weighted by Crippen LogP contribution is -2.12. The van der Waals surface area contributed by atoms with E-state index in [9.17, 15) is 13.6 Å². The molecule has 4 heteroatoms. The van der Waals surface area contributed by atoms with Gasteiger partial charge in [0.15, 0.2) is 0 Å². The van der Waals surface area contributed by atoms with E-state index in [1.54, 1.807) is 18.2 Å². The monoisotopic (exact) mass is 234 g/mol. The maximum absolute atomic E-state index is 13.3. The minimum atomic E-state index is -1.05. The van der Waals surface area contributed by atoms with E-state index in [-0.39, 0.29) is 5.75 Å². The number of benzene rings is 2. The van der Waals surface area contributed by atoms with Gasteiger partial charge in [0.25, 0.3) is 0 Å². The molecule has 0 spiro atoms. The Kier molecular flexibility index (Phi) is 3.14. The summed E-state index contributed by atoms with van der Waals surface area (Å²) in [6.07, 6.45) is 0. The maximum atomic E-state index is 13.3. The van der Waals surface area contributed by atoms with Gasteiger partial charge in [-0.25, -0.2) is 13.6 Å². The van der Waals surface area contributed by atoms with Crippen molar-refractivity contribution in [2.75, 3.05) is 0 Å². The molecule has 2 nitrogen and oxygen atoms in total. The van der Waals surface area contributed by atoms with Crippen molar-refractivity contribution < 1.29 is 18.3 Å². The van der Waals surface area contributed by atoms with E-state index in [4.69, 9.17) is 4.74 Å². The highest BCUT2D eigenvalue weighted by Crippen LogP contribution is 2.16. The summed E-state index contributed by atoms with van der Waals surface area (Å²) in [6, 6.07) is 11.3. The van der Waals surface area contributed by atoms with E-state index in [1.165, 1.54) is 18.2 Å². The molecule has 0 amide bonds. The summed E-state index contributed by atoms with van der Waals surface area (Å²) >= 11 is 0. The first kappa shape index (κ1) is 11.3. The van der Waals surface area contributed by atoms with Crippen molar-refractivity contribution in [3.05, 3.63) is 65.7 Å². The Morgan fingerprint density at radius 2 is 1.47 bits per heavy atom. The number of ether oxygens (including phenoxy) is 1. The molecule has 2 aromatic rings. The van der Waals surface area contributed by atoms with Crippen LogP contribution in [0.5, 0.6) is 5.75 Å². The molecule has 0 saturated carbocycles. The highest BCUT2D eigenvalue weighted by atomic mass is 19.1.